The van der Waals surface area contributed by atoms with Gasteiger partial charge in [-0.3, -0.25) is 48.2 Å². The van der Waals surface area contributed by atoms with Crippen LogP contribution < -0.4 is 42.0 Å². The lowest BCUT2D eigenvalue weighted by Crippen LogP contribution is -2.45. The SMILES string of the molecule is CC(=O)[C@@]1(C)CCCN1C.CC[C@](C)(NC)C(C)=O.CNC(C)(C)C(C)=O.CNC1(C(C)=O)CC1.CN[C@@H](Cc1ccc(-c2cc3ccccc3o2)cc1)C(C)=O.CN[C@@H](Cc1ccc(-c2cccc3c2Oc2ccccc2S3)cc1)C(C)=O.CN[C@@H](Cc1ccc(-c2cccc3c2oc2ccccc23)cc1)C(C)=O.CN[C@@H](Cc1ccc(-c2cnc3ccccc3c2)cc1)C(C)=O. The molecule has 21 heteroatoms. The van der Waals surface area contributed by atoms with Crippen molar-refractivity contribution < 1.29 is 51.9 Å². The summed E-state index contributed by atoms with van der Waals surface area (Å²) >= 11 is 1.74. The summed E-state index contributed by atoms with van der Waals surface area (Å²) in [6, 6.07) is 81.8. The highest BCUT2D eigenvalue weighted by molar-refractivity contribution is 7.99. The standard InChI is InChI=1S/C23H21NO2S.C23H21NO2.C20H20N2O.C19H19NO2.C8H15NO.C7H15NO.C6H11NO.C6H13NO/c1-15(25)19(24-2)14-16-10-12-17(13-11-16)18-6-5-9-22-23(18)26-20-7-3-4-8-21(20)27-22;1-15(25)21(24-2)14-16-10-12-17(13-11-16)18-7-5-8-20-19-6-3-4-9-22(19)26-23(18)20;1-14(23)20(21-2)11-15-7-9-16(10-8-15)18-12-17-5-3-4-6-19(17)22-13-18;1-13(21)17(20-2)11-14-7-9-15(10-8-14)19-12-16-5-3-4-6-18(16)22-19;1-7(10)8(2)5-4-6-9(8)3;1-5-7(3,8-4)6(2)9;1-5(8)6(7-2)3-4-6;1-5(8)6(2,3)7-4/h3-13,19,24H,14H2,1-2H3;3-13,21,24H,14H2,1-2H3;3-10,12-13,20-21H,11H2,1-2H3;3-10,12,17,20H,11H2,1-2H3;4-6H2,1-3H3;8H,5H2,1-4H3;7H,3-4H2,1-2H3;7H,1-4H3/t19-;21-;20-;17-;8-;7-;;/m000010../s1. The molecule has 0 spiro atoms. The topological polar surface area (TPSA) is 272 Å². The Morgan fingerprint density at radius 2 is 0.895 bits per heavy atom. The van der Waals surface area contributed by atoms with Gasteiger partial charge in [0, 0.05) is 50.0 Å². The number of likely N-dealkylation sites (tertiary alicyclic amines) is 1. The van der Waals surface area contributed by atoms with Crippen LogP contribution in [-0.4, -0.2) is 165 Å². The van der Waals surface area contributed by atoms with E-state index in [9.17, 15) is 38.4 Å². The van der Waals surface area contributed by atoms with Crippen LogP contribution in [0.25, 0.3) is 88.5 Å². The first-order valence-electron chi connectivity index (χ1n) is 45.7. The van der Waals surface area contributed by atoms with Gasteiger partial charge in [-0.25, -0.2) is 0 Å². The van der Waals surface area contributed by atoms with Gasteiger partial charge in [0.1, 0.15) is 80.3 Å². The van der Waals surface area contributed by atoms with E-state index in [0.29, 0.717) is 31.5 Å². The highest BCUT2D eigenvalue weighted by Crippen LogP contribution is 2.51. The minimum absolute atomic E-state index is 0.0972. The molecule has 2 fully saturated rings. The summed E-state index contributed by atoms with van der Waals surface area (Å²) in [5.41, 5.74) is 15.1. The summed E-state index contributed by atoms with van der Waals surface area (Å²) < 4.78 is 18.2. The van der Waals surface area contributed by atoms with Gasteiger partial charge in [0.25, 0.3) is 0 Å². The molecule has 0 amide bonds. The lowest BCUT2D eigenvalue weighted by Gasteiger charge is -2.28. The second-order valence-corrected chi connectivity index (χ2v) is 36.3. The molecule has 0 bridgehead atoms. The fraction of sp³-hybridized carbons (Fsp3) is 0.348. The average Bonchev–Trinajstić information content (AvgIpc) is 1.58. The highest BCUT2D eigenvalue weighted by Gasteiger charge is 2.45. The number of ketones is 8. The zero-order valence-electron chi connectivity index (χ0n) is 81.3. The van der Waals surface area contributed by atoms with E-state index in [1.54, 1.807) is 74.2 Å². The van der Waals surface area contributed by atoms with E-state index in [0.717, 1.165) is 171 Å². The molecule has 6 atom stereocenters. The van der Waals surface area contributed by atoms with E-state index in [2.05, 4.69) is 199 Å². The fourth-order valence-electron chi connectivity index (χ4n) is 15.3. The summed E-state index contributed by atoms with van der Waals surface area (Å²) in [6.07, 6.45) is 9.79. The molecule has 3 aliphatic rings. The predicted octanol–water partition coefficient (Wildman–Crippen LogP) is 20.7. The molecule has 1 saturated heterocycles. The third-order valence-corrected chi connectivity index (χ3v) is 27.2. The lowest BCUT2D eigenvalue weighted by molar-refractivity contribution is -0.126. The van der Waals surface area contributed by atoms with Crippen LogP contribution in [-0.2, 0) is 64.0 Å². The van der Waals surface area contributed by atoms with Crippen molar-refractivity contribution >= 4 is 102 Å². The summed E-state index contributed by atoms with van der Waals surface area (Å²) in [5.74, 6) is 4.25. The number of likely N-dealkylation sites (N-methyl/N-ethyl adjacent to an activating group) is 8. The number of fused-ring (bicyclic) bond motifs is 7. The quantitative estimate of drug-likeness (QED) is 0.0240. The fourth-order valence-corrected chi connectivity index (χ4v) is 16.3. The summed E-state index contributed by atoms with van der Waals surface area (Å²) in [4.78, 5) is 98.5. The molecule has 5 heterocycles. The molecular formula is C112H135N9O11S. The average molecular weight is 1820 g/mol. The zero-order valence-corrected chi connectivity index (χ0v) is 82.2. The van der Waals surface area contributed by atoms with Crippen LogP contribution in [0.4, 0.5) is 0 Å². The smallest absolute Gasteiger partial charge is 0.149 e. The van der Waals surface area contributed by atoms with Crippen molar-refractivity contribution in [3.63, 3.8) is 0 Å². The van der Waals surface area contributed by atoms with Crippen molar-refractivity contribution in [3.8, 4) is 56.2 Å². The van der Waals surface area contributed by atoms with Gasteiger partial charge in [-0.05, 0) is 291 Å². The lowest BCUT2D eigenvalue weighted by atomic mass is 9.95. The molecule has 2 aliphatic heterocycles. The molecule has 0 unspecified atom stereocenters. The first-order chi connectivity index (χ1) is 63.5. The van der Waals surface area contributed by atoms with E-state index in [1.807, 2.05) is 181 Å². The van der Waals surface area contributed by atoms with Crippen LogP contribution in [0.15, 0.2) is 267 Å². The van der Waals surface area contributed by atoms with Gasteiger partial charge in [-0.15, -0.1) is 0 Å². The largest absolute Gasteiger partial charge is 0.456 e. The number of nitrogens with zero attached hydrogens (tertiary/aromatic N) is 2. The van der Waals surface area contributed by atoms with Crippen molar-refractivity contribution in [1.82, 2.24) is 47.1 Å². The van der Waals surface area contributed by atoms with Gasteiger partial charge < -0.3 is 50.8 Å². The first kappa shape index (κ1) is 105. The molecule has 10 aromatic carbocycles. The summed E-state index contributed by atoms with van der Waals surface area (Å²) in [6.45, 7) is 23.7. The van der Waals surface area contributed by atoms with E-state index >= 15 is 0 Å². The monoisotopic (exact) mass is 1810 g/mol. The van der Waals surface area contributed by atoms with Crippen LogP contribution in [0.3, 0.4) is 0 Å². The van der Waals surface area contributed by atoms with Gasteiger partial charge in [0.2, 0.25) is 0 Å². The third kappa shape index (κ3) is 28.4. The number of rotatable bonds is 28. The van der Waals surface area contributed by atoms with E-state index in [1.165, 1.54) is 0 Å². The van der Waals surface area contributed by atoms with Crippen molar-refractivity contribution in [2.75, 3.05) is 62.9 Å². The predicted molar refractivity (Wildman–Crippen MR) is 544 cm³/mol. The Bertz CT molecular complexity index is 6050. The number of furan rings is 2. The maximum Gasteiger partial charge on any atom is 0.149 e. The number of hydrogen-bond acceptors (Lipinski definition) is 21. The summed E-state index contributed by atoms with van der Waals surface area (Å²) in [5, 5.41) is 25.6. The van der Waals surface area contributed by atoms with Crippen LogP contribution in [0.1, 0.15) is 144 Å². The molecule has 0 radical (unpaired) electrons. The highest BCUT2D eigenvalue weighted by atomic mass is 32.2. The summed E-state index contributed by atoms with van der Waals surface area (Å²) in [7, 11) is 14.7. The molecule has 1 saturated carbocycles. The van der Waals surface area contributed by atoms with Crippen LogP contribution in [0.5, 0.6) is 11.5 Å². The maximum absolute atomic E-state index is 11.6. The molecule has 133 heavy (non-hydrogen) atoms. The number of benzene rings is 10. The Balaban J connectivity index is 0.000000178. The Kier molecular flexibility index (Phi) is 38.8. The number of hydrogen-bond donors (Lipinski definition) is 7. The Hall–Kier alpha value is -11.9. The van der Waals surface area contributed by atoms with Crippen molar-refractivity contribution in [3.05, 3.63) is 271 Å². The Morgan fingerprint density at radius 1 is 0.444 bits per heavy atom. The Morgan fingerprint density at radius 3 is 1.32 bits per heavy atom. The normalized spacial score (nSPS) is 15.1. The first-order valence-corrected chi connectivity index (χ1v) is 46.6. The van der Waals surface area contributed by atoms with Gasteiger partial charge in [-0.1, -0.05) is 213 Å². The second-order valence-electron chi connectivity index (χ2n) is 35.2. The van der Waals surface area contributed by atoms with Crippen molar-refractivity contribution in [1.29, 1.82) is 0 Å². The number of Topliss-reactive ketones (excluding diaryl/α,β-unsaturated/α-hetero) is 8. The van der Waals surface area contributed by atoms with Crippen LogP contribution in [0.2, 0.25) is 0 Å². The maximum atomic E-state index is 11.6. The number of para-hydroxylation sites is 6. The second kappa shape index (κ2) is 49.2. The number of nitrogens with one attached hydrogen (secondary N) is 7. The van der Waals surface area contributed by atoms with E-state index in [-0.39, 0.29) is 86.8 Å². The minimum Gasteiger partial charge on any atom is -0.456 e. The number of ether oxygens (including phenoxy) is 1. The van der Waals surface area contributed by atoms with Crippen LogP contribution >= 0.6 is 11.8 Å². The molecule has 13 aromatic rings. The van der Waals surface area contributed by atoms with Crippen LogP contribution in [0, 0.1) is 0 Å². The third-order valence-electron chi connectivity index (χ3n) is 26.1. The molecule has 700 valence electrons. The number of pyridine rings is 1. The van der Waals surface area contributed by atoms with Gasteiger partial charge in [0.15, 0.2) is 0 Å². The van der Waals surface area contributed by atoms with Crippen molar-refractivity contribution in [2.24, 2.45) is 0 Å². The molecule has 1 aliphatic carbocycles. The Labute approximate surface area is 790 Å². The number of carbonyl (C=O) groups is 8. The zero-order chi connectivity index (χ0) is 96.9. The minimum atomic E-state index is -0.347. The van der Waals surface area contributed by atoms with Crippen molar-refractivity contribution in [2.45, 2.75) is 204 Å². The van der Waals surface area contributed by atoms with E-state index < -0.39 is 0 Å². The van der Waals surface area contributed by atoms with Gasteiger partial charge in [0.05, 0.1) is 61.6 Å². The van der Waals surface area contributed by atoms with E-state index in [4.69, 9.17) is 13.6 Å². The van der Waals surface area contributed by atoms with Gasteiger partial charge >= 0.3 is 0 Å². The molecule has 7 N–H and O–H groups in total. The molecule has 3 aromatic heterocycles. The number of aromatic nitrogens is 1. The number of carbonyl (C=O) groups excluding carboxylic acids is 8. The van der Waals surface area contributed by atoms with Gasteiger partial charge in [-0.2, -0.15) is 0 Å². The molecular weight excluding hydrogens is 1680 g/mol. The molecule has 20 nitrogen and oxygen atoms in total. The molecule has 16 rings (SSSR count).